The maximum atomic E-state index is 6.67. The van der Waals surface area contributed by atoms with Crippen molar-refractivity contribution in [3.8, 4) is 11.1 Å². The van der Waals surface area contributed by atoms with Crippen LogP contribution in [0.3, 0.4) is 0 Å². The second-order valence-electron chi connectivity index (χ2n) is 11.8. The summed E-state index contributed by atoms with van der Waals surface area (Å²) in [7, 11) is 0. The molecule has 0 spiro atoms. The fourth-order valence-corrected chi connectivity index (χ4v) is 7.74. The predicted molar refractivity (Wildman–Crippen MR) is 191 cm³/mol. The lowest BCUT2D eigenvalue weighted by atomic mass is 9.67. The Morgan fingerprint density at radius 3 is 1.89 bits per heavy atom. The molecule has 218 valence electrons. The molecule has 2 nitrogen and oxygen atoms in total. The van der Waals surface area contributed by atoms with Gasteiger partial charge in [0.1, 0.15) is 11.2 Å². The Morgan fingerprint density at radius 2 is 1.11 bits per heavy atom. The van der Waals surface area contributed by atoms with E-state index in [1.807, 2.05) is 36.4 Å². The van der Waals surface area contributed by atoms with Crippen LogP contribution in [0.1, 0.15) is 22.3 Å². The van der Waals surface area contributed by atoms with Crippen molar-refractivity contribution in [2.24, 2.45) is 0 Å². The van der Waals surface area contributed by atoms with Crippen LogP contribution in [0.5, 0.6) is 0 Å². The van der Waals surface area contributed by atoms with Crippen molar-refractivity contribution >= 4 is 50.6 Å². The monoisotopic (exact) mass is 609 g/mol. The molecule has 3 heteroatoms. The van der Waals surface area contributed by atoms with Crippen molar-refractivity contribution in [3.05, 3.63) is 197 Å². The largest absolute Gasteiger partial charge is 0.456 e. The summed E-state index contributed by atoms with van der Waals surface area (Å²) in [4.78, 5) is 2.32. The standard InChI is InChI=1S/C43H28ClNO/c44-31-17-11-18-32(27-31)45(39-22-12-24-41-42(39)36-20-8-10-23-40(36)46-41)33-25-26-35-34-19-7-9-21-37(34)43(38(35)28-33,29-13-3-1-4-14-29)30-15-5-2-6-16-30/h1-28H. The van der Waals surface area contributed by atoms with E-state index in [-0.39, 0.29) is 0 Å². The molecule has 0 saturated heterocycles. The third kappa shape index (κ3) is 3.90. The first-order valence-electron chi connectivity index (χ1n) is 15.5. The molecular formula is C43H28ClNO. The molecule has 0 aliphatic heterocycles. The molecule has 0 bridgehead atoms. The fourth-order valence-electron chi connectivity index (χ4n) is 7.56. The third-order valence-electron chi connectivity index (χ3n) is 9.39. The van der Waals surface area contributed by atoms with Crippen LogP contribution in [0.15, 0.2) is 174 Å². The highest BCUT2D eigenvalue weighted by molar-refractivity contribution is 6.31. The lowest BCUT2D eigenvalue weighted by Crippen LogP contribution is -2.28. The molecule has 1 aromatic heterocycles. The minimum atomic E-state index is -0.501. The number of benzene rings is 7. The van der Waals surface area contributed by atoms with Crippen LogP contribution in [0.4, 0.5) is 17.1 Å². The molecule has 0 saturated carbocycles. The lowest BCUT2D eigenvalue weighted by molar-refractivity contribution is 0.669. The molecule has 0 radical (unpaired) electrons. The highest BCUT2D eigenvalue weighted by Gasteiger charge is 2.46. The molecule has 1 aliphatic rings. The van der Waals surface area contributed by atoms with Crippen LogP contribution >= 0.6 is 11.6 Å². The third-order valence-corrected chi connectivity index (χ3v) is 9.62. The zero-order chi connectivity index (χ0) is 30.7. The number of rotatable bonds is 5. The molecular weight excluding hydrogens is 582 g/mol. The summed E-state index contributed by atoms with van der Waals surface area (Å²) in [6, 6.07) is 60.2. The minimum absolute atomic E-state index is 0.501. The van der Waals surface area contributed by atoms with Crippen molar-refractivity contribution in [1.29, 1.82) is 0 Å². The molecule has 7 aromatic carbocycles. The summed E-state index contributed by atoms with van der Waals surface area (Å²) in [5.74, 6) is 0. The maximum absolute atomic E-state index is 6.67. The van der Waals surface area contributed by atoms with Crippen LogP contribution < -0.4 is 4.90 Å². The number of hydrogen-bond acceptors (Lipinski definition) is 2. The van der Waals surface area contributed by atoms with Crippen molar-refractivity contribution in [2.45, 2.75) is 5.41 Å². The molecule has 0 N–H and O–H groups in total. The fraction of sp³-hybridized carbons (Fsp3) is 0.0233. The van der Waals surface area contributed by atoms with Gasteiger partial charge >= 0.3 is 0 Å². The molecule has 0 amide bonds. The number of anilines is 3. The molecule has 9 rings (SSSR count). The SMILES string of the molecule is Clc1cccc(N(c2ccc3c(c2)C(c2ccccc2)(c2ccccc2)c2ccccc2-3)c2cccc3oc4ccccc4c23)c1. The highest BCUT2D eigenvalue weighted by Crippen LogP contribution is 2.57. The number of nitrogens with zero attached hydrogens (tertiary/aromatic N) is 1. The van der Waals surface area contributed by atoms with Crippen LogP contribution in [0, 0.1) is 0 Å². The van der Waals surface area contributed by atoms with E-state index in [0.717, 1.165) is 39.0 Å². The minimum Gasteiger partial charge on any atom is -0.456 e. The van der Waals surface area contributed by atoms with E-state index in [0.29, 0.717) is 5.02 Å². The Labute approximate surface area is 272 Å². The Bertz CT molecular complexity index is 2350. The molecule has 0 atom stereocenters. The second-order valence-corrected chi connectivity index (χ2v) is 12.3. The van der Waals surface area contributed by atoms with Gasteiger partial charge in [0.15, 0.2) is 0 Å². The van der Waals surface area contributed by atoms with E-state index in [4.69, 9.17) is 16.0 Å². The van der Waals surface area contributed by atoms with Gasteiger partial charge in [0.2, 0.25) is 0 Å². The van der Waals surface area contributed by atoms with Crippen molar-refractivity contribution < 1.29 is 4.42 Å². The number of para-hydroxylation sites is 1. The average Bonchev–Trinajstić information content (AvgIpc) is 3.64. The summed E-state index contributed by atoms with van der Waals surface area (Å²) >= 11 is 6.67. The van der Waals surface area contributed by atoms with E-state index in [2.05, 4.69) is 138 Å². The Morgan fingerprint density at radius 1 is 0.478 bits per heavy atom. The summed E-state index contributed by atoms with van der Waals surface area (Å²) in [5.41, 5.74) is 11.8. The van der Waals surface area contributed by atoms with Gasteiger partial charge in [0.05, 0.1) is 16.5 Å². The second kappa shape index (κ2) is 10.5. The van der Waals surface area contributed by atoms with Gasteiger partial charge in [-0.05, 0) is 81.9 Å². The quantitative estimate of drug-likeness (QED) is 0.193. The van der Waals surface area contributed by atoms with Crippen molar-refractivity contribution in [2.75, 3.05) is 4.90 Å². The number of halogens is 1. The smallest absolute Gasteiger partial charge is 0.137 e. The van der Waals surface area contributed by atoms with Gasteiger partial charge < -0.3 is 9.32 Å². The molecule has 1 aliphatic carbocycles. The molecule has 0 unspecified atom stereocenters. The van der Waals surface area contributed by atoms with Gasteiger partial charge in [0, 0.05) is 21.8 Å². The molecule has 46 heavy (non-hydrogen) atoms. The van der Waals surface area contributed by atoms with Crippen molar-refractivity contribution in [1.82, 2.24) is 0 Å². The first-order chi connectivity index (χ1) is 22.7. The summed E-state index contributed by atoms with van der Waals surface area (Å²) in [6.07, 6.45) is 0. The van der Waals surface area contributed by atoms with Crippen molar-refractivity contribution in [3.63, 3.8) is 0 Å². The van der Waals surface area contributed by atoms with Gasteiger partial charge in [-0.3, -0.25) is 0 Å². The van der Waals surface area contributed by atoms with E-state index in [9.17, 15) is 0 Å². The zero-order valence-electron chi connectivity index (χ0n) is 24.9. The lowest BCUT2D eigenvalue weighted by Gasteiger charge is -2.35. The summed E-state index contributed by atoms with van der Waals surface area (Å²) < 4.78 is 6.35. The van der Waals surface area contributed by atoms with E-state index in [1.54, 1.807) is 0 Å². The Balaban J connectivity index is 1.38. The number of fused-ring (bicyclic) bond motifs is 6. The zero-order valence-corrected chi connectivity index (χ0v) is 25.7. The van der Waals surface area contributed by atoms with Crippen LogP contribution in [0.25, 0.3) is 33.1 Å². The normalized spacial score (nSPS) is 13.1. The topological polar surface area (TPSA) is 16.4 Å². The van der Waals surface area contributed by atoms with E-state index >= 15 is 0 Å². The summed E-state index contributed by atoms with van der Waals surface area (Å²) in [6.45, 7) is 0. The number of hydrogen-bond donors (Lipinski definition) is 0. The molecule has 0 fully saturated rings. The highest BCUT2D eigenvalue weighted by atomic mass is 35.5. The van der Waals surface area contributed by atoms with Crippen LogP contribution in [0.2, 0.25) is 5.02 Å². The Hall–Kier alpha value is -5.57. The van der Waals surface area contributed by atoms with E-state index < -0.39 is 5.41 Å². The van der Waals surface area contributed by atoms with Gasteiger partial charge in [-0.2, -0.15) is 0 Å². The first kappa shape index (κ1) is 26.8. The van der Waals surface area contributed by atoms with Gasteiger partial charge in [0.25, 0.3) is 0 Å². The van der Waals surface area contributed by atoms with Gasteiger partial charge in [-0.15, -0.1) is 0 Å². The summed E-state index contributed by atoms with van der Waals surface area (Å²) in [5, 5.41) is 2.83. The average molecular weight is 610 g/mol. The first-order valence-corrected chi connectivity index (χ1v) is 15.9. The Kier molecular flexibility index (Phi) is 6.12. The maximum Gasteiger partial charge on any atom is 0.137 e. The van der Waals surface area contributed by atoms with E-state index in [1.165, 1.54) is 33.4 Å². The van der Waals surface area contributed by atoms with Crippen LogP contribution in [-0.4, -0.2) is 0 Å². The predicted octanol–water partition coefficient (Wildman–Crippen LogP) is 12.1. The van der Waals surface area contributed by atoms with Gasteiger partial charge in [-0.1, -0.05) is 133 Å². The van der Waals surface area contributed by atoms with Crippen LogP contribution in [-0.2, 0) is 5.41 Å². The number of furan rings is 1. The molecule has 8 aromatic rings. The van der Waals surface area contributed by atoms with Gasteiger partial charge in [-0.25, -0.2) is 0 Å². The molecule has 1 heterocycles.